The van der Waals surface area contributed by atoms with Crippen LogP contribution in [0.4, 0.5) is 0 Å². The van der Waals surface area contributed by atoms with Gasteiger partial charge >= 0.3 is 5.97 Å². The largest absolute Gasteiger partial charge is 0.466 e. The summed E-state index contributed by atoms with van der Waals surface area (Å²) in [5.41, 5.74) is -0.881. The van der Waals surface area contributed by atoms with Crippen molar-refractivity contribution in [3.63, 3.8) is 0 Å². The van der Waals surface area contributed by atoms with Gasteiger partial charge in [-0.1, -0.05) is 13.3 Å². The monoisotopic (exact) mass is 245 g/mol. The maximum atomic E-state index is 11.4. The van der Waals surface area contributed by atoms with Crippen LogP contribution in [0.5, 0.6) is 0 Å². The molecule has 5 heteroatoms. The molecule has 0 aromatic heterocycles. The zero-order valence-corrected chi connectivity index (χ0v) is 10.9. The van der Waals surface area contributed by atoms with E-state index in [0.29, 0.717) is 13.0 Å². The molecule has 0 heterocycles. The van der Waals surface area contributed by atoms with Crippen LogP contribution in [0, 0.1) is 0 Å². The average molecular weight is 245 g/mol. The van der Waals surface area contributed by atoms with Crippen molar-refractivity contribution in [2.24, 2.45) is 0 Å². The summed E-state index contributed by atoms with van der Waals surface area (Å²) in [5, 5.41) is 12.4. The fourth-order valence-electron chi connectivity index (χ4n) is 1.45. The molecule has 0 saturated heterocycles. The van der Waals surface area contributed by atoms with Gasteiger partial charge < -0.3 is 15.2 Å². The lowest BCUT2D eigenvalue weighted by Crippen LogP contribution is -2.40. The van der Waals surface area contributed by atoms with E-state index in [2.05, 4.69) is 5.32 Å². The van der Waals surface area contributed by atoms with Gasteiger partial charge in [0.25, 0.3) is 0 Å². The van der Waals surface area contributed by atoms with E-state index in [4.69, 9.17) is 4.74 Å². The van der Waals surface area contributed by atoms with Gasteiger partial charge in [-0.15, -0.1) is 0 Å². The van der Waals surface area contributed by atoms with Gasteiger partial charge in [0.15, 0.2) is 0 Å². The Balaban J connectivity index is 3.76. The van der Waals surface area contributed by atoms with Crippen molar-refractivity contribution in [1.82, 2.24) is 5.32 Å². The van der Waals surface area contributed by atoms with Crippen molar-refractivity contribution >= 4 is 11.9 Å². The predicted molar refractivity (Wildman–Crippen MR) is 64.4 cm³/mol. The molecule has 0 rings (SSSR count). The number of esters is 1. The number of rotatable bonds is 8. The molecule has 0 aliphatic rings. The Morgan fingerprint density at radius 3 is 2.47 bits per heavy atom. The Morgan fingerprint density at radius 1 is 1.29 bits per heavy atom. The summed E-state index contributed by atoms with van der Waals surface area (Å²) < 4.78 is 4.71. The minimum atomic E-state index is -0.881. The molecule has 0 aromatic carbocycles. The summed E-state index contributed by atoms with van der Waals surface area (Å²) in [4.78, 5) is 22.4. The molecule has 1 unspecified atom stereocenters. The molecule has 2 N–H and O–H groups in total. The standard InChI is InChI=1S/C12H23NO4/c1-4-8-12(3,16)9-13-10(14)6-7-11(15)17-5-2/h16H,4-9H2,1-3H3,(H,13,14). The highest BCUT2D eigenvalue weighted by Crippen LogP contribution is 2.10. The summed E-state index contributed by atoms with van der Waals surface area (Å²) in [5.74, 6) is -0.614. The Bertz CT molecular complexity index is 251. The Kier molecular flexibility index (Phi) is 7.54. The van der Waals surface area contributed by atoms with Crippen LogP contribution in [0.25, 0.3) is 0 Å². The summed E-state index contributed by atoms with van der Waals surface area (Å²) >= 11 is 0. The van der Waals surface area contributed by atoms with Crippen LogP contribution in [-0.2, 0) is 14.3 Å². The zero-order valence-electron chi connectivity index (χ0n) is 10.9. The van der Waals surface area contributed by atoms with Gasteiger partial charge in [-0.25, -0.2) is 0 Å². The maximum Gasteiger partial charge on any atom is 0.306 e. The van der Waals surface area contributed by atoms with Gasteiger partial charge in [0.05, 0.1) is 18.6 Å². The normalized spacial score (nSPS) is 13.9. The minimum absolute atomic E-state index is 0.0790. The van der Waals surface area contributed by atoms with Gasteiger partial charge in [0, 0.05) is 13.0 Å². The second kappa shape index (κ2) is 8.06. The number of carbonyl (C=O) groups excluding carboxylic acids is 2. The van der Waals surface area contributed by atoms with E-state index < -0.39 is 5.60 Å². The molecule has 0 saturated carbocycles. The van der Waals surface area contributed by atoms with Crippen LogP contribution in [0.3, 0.4) is 0 Å². The summed E-state index contributed by atoms with van der Waals surface area (Å²) in [7, 11) is 0. The van der Waals surface area contributed by atoms with Gasteiger partial charge in [0.2, 0.25) is 5.91 Å². The third-order valence-electron chi connectivity index (χ3n) is 2.32. The summed E-state index contributed by atoms with van der Waals surface area (Å²) in [6.07, 6.45) is 1.66. The van der Waals surface area contributed by atoms with Gasteiger partial charge in [0.1, 0.15) is 0 Å². The first kappa shape index (κ1) is 15.9. The molecule has 100 valence electrons. The van der Waals surface area contributed by atoms with Crippen molar-refractivity contribution in [3.8, 4) is 0 Å². The quantitative estimate of drug-likeness (QED) is 0.625. The first-order chi connectivity index (χ1) is 7.91. The molecular weight excluding hydrogens is 222 g/mol. The number of carbonyl (C=O) groups is 2. The maximum absolute atomic E-state index is 11.4. The molecule has 0 fully saturated rings. The molecule has 0 aliphatic carbocycles. The second-order valence-electron chi connectivity index (χ2n) is 4.33. The van der Waals surface area contributed by atoms with E-state index in [1.165, 1.54) is 0 Å². The minimum Gasteiger partial charge on any atom is -0.466 e. The van der Waals surface area contributed by atoms with Crippen LogP contribution in [0.15, 0.2) is 0 Å². The number of hydrogen-bond donors (Lipinski definition) is 2. The lowest BCUT2D eigenvalue weighted by Gasteiger charge is -2.22. The van der Waals surface area contributed by atoms with E-state index in [0.717, 1.165) is 6.42 Å². The number of hydrogen-bond acceptors (Lipinski definition) is 4. The highest BCUT2D eigenvalue weighted by molar-refractivity contribution is 5.81. The highest BCUT2D eigenvalue weighted by Gasteiger charge is 2.19. The molecule has 0 bridgehead atoms. The van der Waals surface area contributed by atoms with E-state index in [9.17, 15) is 14.7 Å². The number of nitrogens with one attached hydrogen (secondary N) is 1. The Hall–Kier alpha value is -1.10. The van der Waals surface area contributed by atoms with E-state index >= 15 is 0 Å². The smallest absolute Gasteiger partial charge is 0.306 e. The average Bonchev–Trinajstić information content (AvgIpc) is 2.24. The van der Waals surface area contributed by atoms with Crippen LogP contribution in [0.1, 0.15) is 46.5 Å². The van der Waals surface area contributed by atoms with E-state index in [1.807, 2.05) is 6.92 Å². The molecular formula is C12H23NO4. The molecule has 0 aliphatic heterocycles. The molecule has 0 spiro atoms. The lowest BCUT2D eigenvalue weighted by atomic mass is 10.0. The molecule has 0 radical (unpaired) electrons. The van der Waals surface area contributed by atoms with Crippen molar-refractivity contribution in [1.29, 1.82) is 0 Å². The van der Waals surface area contributed by atoms with Crippen LogP contribution >= 0.6 is 0 Å². The van der Waals surface area contributed by atoms with Crippen LogP contribution in [0.2, 0.25) is 0 Å². The van der Waals surface area contributed by atoms with Crippen LogP contribution in [-0.4, -0.2) is 35.7 Å². The third-order valence-corrected chi connectivity index (χ3v) is 2.32. The first-order valence-electron chi connectivity index (χ1n) is 6.06. The third kappa shape index (κ3) is 8.68. The SMILES string of the molecule is CCCC(C)(O)CNC(=O)CCC(=O)OCC. The number of aliphatic hydroxyl groups is 1. The zero-order chi connectivity index (χ0) is 13.3. The van der Waals surface area contributed by atoms with Crippen molar-refractivity contribution < 1.29 is 19.4 Å². The van der Waals surface area contributed by atoms with Gasteiger partial charge in [-0.3, -0.25) is 9.59 Å². The highest BCUT2D eigenvalue weighted by atomic mass is 16.5. The number of amides is 1. The van der Waals surface area contributed by atoms with Crippen molar-refractivity contribution in [2.75, 3.05) is 13.2 Å². The second-order valence-corrected chi connectivity index (χ2v) is 4.33. The molecule has 1 atom stereocenters. The first-order valence-corrected chi connectivity index (χ1v) is 6.06. The summed E-state index contributed by atoms with van der Waals surface area (Å²) in [6, 6.07) is 0. The van der Waals surface area contributed by atoms with Crippen molar-refractivity contribution in [2.45, 2.75) is 52.1 Å². The fourth-order valence-corrected chi connectivity index (χ4v) is 1.45. The predicted octanol–water partition coefficient (Wildman–Crippen LogP) is 0.997. The Labute approximate surface area is 103 Å². The molecule has 5 nitrogen and oxygen atoms in total. The topological polar surface area (TPSA) is 75.6 Å². The van der Waals surface area contributed by atoms with Gasteiger partial charge in [-0.2, -0.15) is 0 Å². The Morgan fingerprint density at radius 2 is 1.94 bits per heavy atom. The van der Waals surface area contributed by atoms with Gasteiger partial charge in [-0.05, 0) is 20.3 Å². The molecule has 1 amide bonds. The lowest BCUT2D eigenvalue weighted by molar-refractivity contribution is -0.144. The summed E-state index contributed by atoms with van der Waals surface area (Å²) in [6.45, 7) is 5.91. The van der Waals surface area contributed by atoms with Crippen LogP contribution < -0.4 is 5.32 Å². The molecule has 0 aromatic rings. The molecule has 17 heavy (non-hydrogen) atoms. The van der Waals surface area contributed by atoms with Crippen molar-refractivity contribution in [3.05, 3.63) is 0 Å². The van der Waals surface area contributed by atoms with E-state index in [-0.39, 0.29) is 31.3 Å². The number of ether oxygens (including phenoxy) is 1. The fraction of sp³-hybridized carbons (Fsp3) is 0.833. The van der Waals surface area contributed by atoms with E-state index in [1.54, 1.807) is 13.8 Å².